The van der Waals surface area contributed by atoms with Crippen LogP contribution in [0.2, 0.25) is 0 Å². The lowest BCUT2D eigenvalue weighted by atomic mass is 9.84. The second kappa shape index (κ2) is 7.04. The van der Waals surface area contributed by atoms with Gasteiger partial charge in [-0.3, -0.25) is 9.59 Å². The molecule has 3 atom stereocenters. The lowest BCUT2D eigenvalue weighted by Crippen LogP contribution is -2.44. The second-order valence-corrected chi connectivity index (χ2v) is 6.58. The van der Waals surface area contributed by atoms with E-state index in [0.717, 1.165) is 0 Å². The van der Waals surface area contributed by atoms with E-state index in [9.17, 15) is 14.7 Å². The van der Waals surface area contributed by atoms with Crippen molar-refractivity contribution in [3.05, 3.63) is 0 Å². The van der Waals surface area contributed by atoms with Gasteiger partial charge in [0.05, 0.1) is 25.0 Å². The number of carbonyl (C=O) groups excluding carboxylic acids is 1. The van der Waals surface area contributed by atoms with Gasteiger partial charge in [-0.1, -0.05) is 20.8 Å². The first-order valence-electron chi connectivity index (χ1n) is 7.00. The number of hydrogen-bond donors (Lipinski definition) is 3. The van der Waals surface area contributed by atoms with Crippen LogP contribution in [-0.4, -0.2) is 49.8 Å². The van der Waals surface area contributed by atoms with Crippen LogP contribution in [-0.2, 0) is 14.3 Å². The maximum atomic E-state index is 12.1. The third-order valence-electron chi connectivity index (χ3n) is 3.52. The smallest absolute Gasteiger partial charge is 0.308 e. The highest BCUT2D eigenvalue weighted by atomic mass is 16.5. The normalized spacial score (nSPS) is 24.4. The van der Waals surface area contributed by atoms with Crippen LogP contribution in [0.3, 0.4) is 0 Å². The zero-order valence-corrected chi connectivity index (χ0v) is 12.7. The number of nitrogens with one attached hydrogen (secondary N) is 2. The van der Waals surface area contributed by atoms with Crippen molar-refractivity contribution in [2.75, 3.05) is 26.8 Å². The second-order valence-electron chi connectivity index (χ2n) is 6.58. The van der Waals surface area contributed by atoms with E-state index in [4.69, 9.17) is 4.74 Å². The van der Waals surface area contributed by atoms with E-state index >= 15 is 0 Å². The van der Waals surface area contributed by atoms with Gasteiger partial charge in [-0.25, -0.2) is 0 Å². The highest BCUT2D eigenvalue weighted by Gasteiger charge is 2.33. The van der Waals surface area contributed by atoms with Crippen molar-refractivity contribution in [2.45, 2.75) is 33.2 Å². The third-order valence-corrected chi connectivity index (χ3v) is 3.52. The summed E-state index contributed by atoms with van der Waals surface area (Å²) in [5, 5.41) is 15.0. The molecule has 0 radical (unpaired) electrons. The molecule has 0 aliphatic carbocycles. The van der Waals surface area contributed by atoms with Crippen LogP contribution in [0.4, 0.5) is 0 Å². The topological polar surface area (TPSA) is 87.7 Å². The zero-order valence-electron chi connectivity index (χ0n) is 12.7. The first-order valence-corrected chi connectivity index (χ1v) is 7.00. The van der Waals surface area contributed by atoms with Crippen LogP contribution in [0.15, 0.2) is 0 Å². The summed E-state index contributed by atoms with van der Waals surface area (Å²) in [6.45, 7) is 7.04. The summed E-state index contributed by atoms with van der Waals surface area (Å²) in [6.07, 6.45) is 0.527. The lowest BCUT2D eigenvalue weighted by Gasteiger charge is -2.24. The van der Waals surface area contributed by atoms with Crippen molar-refractivity contribution in [2.24, 2.45) is 17.3 Å². The van der Waals surface area contributed by atoms with E-state index in [-0.39, 0.29) is 29.8 Å². The maximum absolute atomic E-state index is 12.1. The number of aliphatic carboxylic acids is 1. The van der Waals surface area contributed by atoms with Crippen LogP contribution in [0, 0.1) is 17.3 Å². The summed E-state index contributed by atoms with van der Waals surface area (Å²) in [6, 6.07) is 0.000828. The van der Waals surface area contributed by atoms with Crippen LogP contribution in [0.25, 0.3) is 0 Å². The Morgan fingerprint density at radius 3 is 2.50 bits per heavy atom. The molecule has 0 aromatic carbocycles. The quantitative estimate of drug-likeness (QED) is 0.661. The molecule has 0 spiro atoms. The molecule has 1 fully saturated rings. The molecule has 1 amide bonds. The van der Waals surface area contributed by atoms with Crippen molar-refractivity contribution < 1.29 is 19.4 Å². The van der Waals surface area contributed by atoms with E-state index in [1.165, 1.54) is 0 Å². The van der Waals surface area contributed by atoms with Gasteiger partial charge in [0.25, 0.3) is 0 Å². The Balaban J connectivity index is 2.50. The molecule has 20 heavy (non-hydrogen) atoms. The first-order chi connectivity index (χ1) is 9.24. The van der Waals surface area contributed by atoms with Crippen molar-refractivity contribution in [3.8, 4) is 0 Å². The highest BCUT2D eigenvalue weighted by Crippen LogP contribution is 2.24. The zero-order chi connectivity index (χ0) is 15.3. The molecule has 1 heterocycles. The number of carbonyl (C=O) groups is 2. The summed E-state index contributed by atoms with van der Waals surface area (Å²) in [4.78, 5) is 23.3. The summed E-state index contributed by atoms with van der Waals surface area (Å²) in [7, 11) is 1.79. The number of ether oxygens (including phenoxy) is 1. The Labute approximate surface area is 120 Å². The number of hydrogen-bond acceptors (Lipinski definition) is 4. The Hall–Kier alpha value is -1.14. The molecule has 3 N–H and O–H groups in total. The van der Waals surface area contributed by atoms with Gasteiger partial charge in [-0.15, -0.1) is 0 Å². The van der Waals surface area contributed by atoms with Crippen LogP contribution < -0.4 is 10.6 Å². The maximum Gasteiger partial charge on any atom is 0.308 e. The summed E-state index contributed by atoms with van der Waals surface area (Å²) in [5.41, 5.74) is -0.0856. The van der Waals surface area contributed by atoms with E-state index in [1.807, 2.05) is 20.8 Å². The summed E-state index contributed by atoms with van der Waals surface area (Å²) >= 11 is 0. The fraction of sp³-hybridized carbons (Fsp3) is 0.857. The van der Waals surface area contributed by atoms with Gasteiger partial charge >= 0.3 is 5.97 Å². The molecule has 0 bridgehead atoms. The van der Waals surface area contributed by atoms with Gasteiger partial charge in [0.2, 0.25) is 5.91 Å². The molecule has 0 aromatic rings. The number of carboxylic acid groups (broad SMARTS) is 1. The Bertz CT molecular complexity index is 352. The molecule has 6 nitrogen and oxygen atoms in total. The van der Waals surface area contributed by atoms with Gasteiger partial charge in [-0.2, -0.15) is 0 Å². The molecule has 3 unspecified atom stereocenters. The van der Waals surface area contributed by atoms with E-state index in [1.54, 1.807) is 7.05 Å². The molecule has 6 heteroatoms. The fourth-order valence-corrected chi connectivity index (χ4v) is 2.44. The number of amides is 1. The van der Waals surface area contributed by atoms with Crippen LogP contribution in [0.1, 0.15) is 27.2 Å². The number of rotatable bonds is 6. The highest BCUT2D eigenvalue weighted by molar-refractivity contribution is 5.80. The molecular formula is C14H26N2O4. The van der Waals surface area contributed by atoms with Crippen molar-refractivity contribution in [1.29, 1.82) is 0 Å². The molecule has 0 saturated carbocycles. The van der Waals surface area contributed by atoms with Gasteiger partial charge < -0.3 is 20.5 Å². The first kappa shape index (κ1) is 16.9. The van der Waals surface area contributed by atoms with Gasteiger partial charge in [0, 0.05) is 12.6 Å². The molecule has 1 saturated heterocycles. The van der Waals surface area contributed by atoms with Crippen LogP contribution in [0.5, 0.6) is 0 Å². The molecule has 0 aromatic heterocycles. The van der Waals surface area contributed by atoms with Gasteiger partial charge in [0.1, 0.15) is 0 Å². The van der Waals surface area contributed by atoms with Crippen molar-refractivity contribution in [3.63, 3.8) is 0 Å². The minimum absolute atomic E-state index is 0.000828. The predicted octanol–water partition coefficient (Wildman–Crippen LogP) is 0.474. The average molecular weight is 286 g/mol. The van der Waals surface area contributed by atoms with Crippen molar-refractivity contribution in [1.82, 2.24) is 10.6 Å². The molecule has 1 rings (SSSR count). The molecule has 116 valence electrons. The predicted molar refractivity (Wildman–Crippen MR) is 75.4 cm³/mol. The number of likely N-dealkylation sites (N-methyl/N-ethyl adjacent to an activating group) is 1. The standard InChI is InChI=1S/C14H26N2O4/c1-14(2,3)5-9(13(18)19)6-16-12(17)10-7-20-8-11(10)15-4/h9-11,15H,5-8H2,1-4H3,(H,16,17)(H,18,19). The van der Waals surface area contributed by atoms with E-state index in [2.05, 4.69) is 10.6 Å². The van der Waals surface area contributed by atoms with Gasteiger partial charge in [0.15, 0.2) is 0 Å². The van der Waals surface area contributed by atoms with E-state index in [0.29, 0.717) is 19.6 Å². The summed E-state index contributed by atoms with van der Waals surface area (Å²) in [5.74, 6) is -1.81. The largest absolute Gasteiger partial charge is 0.481 e. The Kier molecular flexibility index (Phi) is 5.95. The lowest BCUT2D eigenvalue weighted by molar-refractivity contribution is -0.142. The molecule has 1 aliphatic heterocycles. The minimum atomic E-state index is -0.868. The average Bonchev–Trinajstić information content (AvgIpc) is 2.80. The van der Waals surface area contributed by atoms with E-state index < -0.39 is 11.9 Å². The minimum Gasteiger partial charge on any atom is -0.481 e. The van der Waals surface area contributed by atoms with Crippen LogP contribution >= 0.6 is 0 Å². The monoisotopic (exact) mass is 286 g/mol. The fourth-order valence-electron chi connectivity index (χ4n) is 2.44. The SMILES string of the molecule is CNC1COCC1C(=O)NCC(CC(C)(C)C)C(=O)O. The summed E-state index contributed by atoms with van der Waals surface area (Å²) < 4.78 is 5.28. The Morgan fingerprint density at radius 2 is 2.00 bits per heavy atom. The van der Waals surface area contributed by atoms with Crippen molar-refractivity contribution >= 4 is 11.9 Å². The molecular weight excluding hydrogens is 260 g/mol. The molecule has 1 aliphatic rings. The Morgan fingerprint density at radius 1 is 1.35 bits per heavy atom. The third kappa shape index (κ3) is 5.09. The van der Waals surface area contributed by atoms with Gasteiger partial charge in [-0.05, 0) is 18.9 Å². The number of carboxylic acids is 1.